The van der Waals surface area contributed by atoms with Gasteiger partial charge in [0.05, 0.1) is 6.04 Å². The largest absolute Gasteiger partial charge is 0.354 e. The van der Waals surface area contributed by atoms with Crippen molar-refractivity contribution in [2.24, 2.45) is 0 Å². The first kappa shape index (κ1) is 11.7. The van der Waals surface area contributed by atoms with E-state index in [4.69, 9.17) is 9.47 Å². The molecule has 1 heterocycles. The Labute approximate surface area is 89.0 Å². The van der Waals surface area contributed by atoms with Crippen molar-refractivity contribution in [3.8, 4) is 0 Å². The summed E-state index contributed by atoms with van der Waals surface area (Å²) < 4.78 is 10.5. The lowest BCUT2D eigenvalue weighted by Gasteiger charge is -2.24. The van der Waals surface area contributed by atoms with Crippen molar-refractivity contribution >= 4 is 11.3 Å². The molecule has 1 N–H and O–H groups in total. The van der Waals surface area contributed by atoms with E-state index in [0.717, 1.165) is 6.54 Å². The molecule has 0 fully saturated rings. The van der Waals surface area contributed by atoms with Gasteiger partial charge in [0.25, 0.3) is 0 Å². The van der Waals surface area contributed by atoms with Crippen molar-refractivity contribution < 1.29 is 9.47 Å². The van der Waals surface area contributed by atoms with Crippen molar-refractivity contribution in [3.63, 3.8) is 0 Å². The molecule has 0 radical (unpaired) electrons. The van der Waals surface area contributed by atoms with E-state index in [0.29, 0.717) is 0 Å². The van der Waals surface area contributed by atoms with Gasteiger partial charge in [-0.1, -0.05) is 13.0 Å². The van der Waals surface area contributed by atoms with Crippen LogP contribution in [0.2, 0.25) is 0 Å². The minimum Gasteiger partial charge on any atom is -0.354 e. The van der Waals surface area contributed by atoms with Gasteiger partial charge < -0.3 is 14.8 Å². The predicted octanol–water partition coefficient (Wildman–Crippen LogP) is 2.02. The molecule has 1 rings (SSSR count). The van der Waals surface area contributed by atoms with E-state index in [-0.39, 0.29) is 12.3 Å². The Morgan fingerprint density at radius 1 is 1.43 bits per heavy atom. The summed E-state index contributed by atoms with van der Waals surface area (Å²) in [4.78, 5) is 1.24. The topological polar surface area (TPSA) is 30.5 Å². The number of likely N-dealkylation sites (N-methyl/N-ethyl adjacent to an activating group) is 1. The molecule has 1 atom stereocenters. The molecule has 0 aliphatic rings. The first-order valence-corrected chi connectivity index (χ1v) is 5.53. The average Bonchev–Trinajstić information content (AvgIpc) is 2.71. The van der Waals surface area contributed by atoms with E-state index in [1.807, 2.05) is 6.07 Å². The Morgan fingerprint density at radius 2 is 2.14 bits per heavy atom. The molecule has 0 saturated carbocycles. The van der Waals surface area contributed by atoms with Gasteiger partial charge in [0.2, 0.25) is 0 Å². The first-order chi connectivity index (χ1) is 6.83. The molecule has 4 heteroatoms. The zero-order valence-corrected chi connectivity index (χ0v) is 9.64. The maximum absolute atomic E-state index is 5.26. The SMILES string of the molecule is CCNC(c1cccs1)C(OC)OC. The third-order valence-corrected chi connectivity index (χ3v) is 2.97. The smallest absolute Gasteiger partial charge is 0.177 e. The number of rotatable bonds is 6. The van der Waals surface area contributed by atoms with E-state index in [2.05, 4.69) is 23.7 Å². The van der Waals surface area contributed by atoms with Crippen LogP contribution in [0, 0.1) is 0 Å². The Morgan fingerprint density at radius 3 is 2.57 bits per heavy atom. The Kier molecular flexibility index (Phi) is 5.11. The summed E-state index contributed by atoms with van der Waals surface area (Å²) in [6.07, 6.45) is -0.228. The van der Waals surface area contributed by atoms with E-state index in [1.54, 1.807) is 25.6 Å². The minimum atomic E-state index is -0.228. The maximum Gasteiger partial charge on any atom is 0.177 e. The molecule has 1 unspecified atom stereocenters. The van der Waals surface area contributed by atoms with E-state index < -0.39 is 0 Å². The lowest BCUT2D eigenvalue weighted by molar-refractivity contribution is -0.123. The van der Waals surface area contributed by atoms with Gasteiger partial charge in [-0.25, -0.2) is 0 Å². The van der Waals surface area contributed by atoms with Crippen LogP contribution in [-0.2, 0) is 9.47 Å². The van der Waals surface area contributed by atoms with Crippen LogP contribution in [-0.4, -0.2) is 27.1 Å². The Bertz CT molecular complexity index is 234. The van der Waals surface area contributed by atoms with Crippen LogP contribution in [0.3, 0.4) is 0 Å². The van der Waals surface area contributed by atoms with Gasteiger partial charge in [-0.2, -0.15) is 0 Å². The lowest BCUT2D eigenvalue weighted by Crippen LogP contribution is -2.33. The standard InChI is InChI=1S/C10H17NO2S/c1-4-11-9(10(12-2)13-3)8-6-5-7-14-8/h5-7,9-11H,4H2,1-3H3. The fourth-order valence-electron chi connectivity index (χ4n) is 1.39. The number of hydrogen-bond donors (Lipinski definition) is 1. The highest BCUT2D eigenvalue weighted by Crippen LogP contribution is 2.23. The molecule has 0 aliphatic heterocycles. The molecule has 3 nitrogen and oxygen atoms in total. The second-order valence-electron chi connectivity index (χ2n) is 2.89. The molecule has 1 aromatic rings. The molecular formula is C10H17NO2S. The molecule has 0 amide bonds. The highest BCUT2D eigenvalue weighted by Gasteiger charge is 2.22. The van der Waals surface area contributed by atoms with Crippen LogP contribution in [0.1, 0.15) is 17.8 Å². The molecule has 0 saturated heterocycles. The number of methoxy groups -OCH3 is 2. The van der Waals surface area contributed by atoms with Gasteiger partial charge in [0.15, 0.2) is 6.29 Å². The molecule has 0 aromatic carbocycles. The van der Waals surface area contributed by atoms with Gasteiger partial charge in [-0.15, -0.1) is 11.3 Å². The average molecular weight is 215 g/mol. The third kappa shape index (κ3) is 2.78. The highest BCUT2D eigenvalue weighted by molar-refractivity contribution is 7.10. The lowest BCUT2D eigenvalue weighted by atomic mass is 10.2. The van der Waals surface area contributed by atoms with Crippen LogP contribution in [0.4, 0.5) is 0 Å². The second-order valence-corrected chi connectivity index (χ2v) is 3.87. The number of ether oxygens (including phenoxy) is 2. The molecular weight excluding hydrogens is 198 g/mol. The van der Waals surface area contributed by atoms with Gasteiger partial charge in [-0.3, -0.25) is 0 Å². The summed E-state index contributed by atoms with van der Waals surface area (Å²) in [6.45, 7) is 2.97. The first-order valence-electron chi connectivity index (χ1n) is 4.65. The van der Waals surface area contributed by atoms with Crippen molar-refractivity contribution in [1.82, 2.24) is 5.32 Å². The van der Waals surface area contributed by atoms with Crippen molar-refractivity contribution in [1.29, 1.82) is 0 Å². The summed E-state index contributed by atoms with van der Waals surface area (Å²) in [7, 11) is 3.32. The third-order valence-electron chi connectivity index (χ3n) is 2.01. The minimum absolute atomic E-state index is 0.120. The van der Waals surface area contributed by atoms with Crippen LogP contribution >= 0.6 is 11.3 Å². The monoisotopic (exact) mass is 215 g/mol. The van der Waals surface area contributed by atoms with E-state index in [1.165, 1.54) is 4.88 Å². The maximum atomic E-state index is 5.26. The van der Waals surface area contributed by atoms with Crippen molar-refractivity contribution in [2.45, 2.75) is 19.3 Å². The Balaban J connectivity index is 2.72. The van der Waals surface area contributed by atoms with Crippen molar-refractivity contribution in [3.05, 3.63) is 22.4 Å². The zero-order valence-electron chi connectivity index (χ0n) is 8.82. The van der Waals surface area contributed by atoms with Crippen LogP contribution in [0.5, 0.6) is 0 Å². The van der Waals surface area contributed by atoms with Crippen LogP contribution in [0.15, 0.2) is 17.5 Å². The molecule has 0 spiro atoms. The summed E-state index contributed by atoms with van der Waals surface area (Å²) in [5.41, 5.74) is 0. The molecule has 0 aliphatic carbocycles. The quantitative estimate of drug-likeness (QED) is 0.736. The number of thiophene rings is 1. The van der Waals surface area contributed by atoms with Crippen LogP contribution < -0.4 is 5.32 Å². The normalized spacial score (nSPS) is 13.4. The predicted molar refractivity (Wildman–Crippen MR) is 58.5 cm³/mol. The second kappa shape index (κ2) is 6.14. The fourth-order valence-corrected chi connectivity index (χ4v) is 2.20. The van der Waals surface area contributed by atoms with Gasteiger partial charge >= 0.3 is 0 Å². The van der Waals surface area contributed by atoms with E-state index >= 15 is 0 Å². The zero-order chi connectivity index (χ0) is 10.4. The molecule has 0 bridgehead atoms. The fraction of sp³-hybridized carbons (Fsp3) is 0.600. The van der Waals surface area contributed by atoms with E-state index in [9.17, 15) is 0 Å². The summed E-state index contributed by atoms with van der Waals surface area (Å²) >= 11 is 1.71. The highest BCUT2D eigenvalue weighted by atomic mass is 32.1. The van der Waals surface area contributed by atoms with Gasteiger partial charge in [0, 0.05) is 19.1 Å². The Hall–Kier alpha value is -0.420. The summed E-state index contributed by atoms with van der Waals surface area (Å²) in [6, 6.07) is 4.24. The number of hydrogen-bond acceptors (Lipinski definition) is 4. The van der Waals surface area contributed by atoms with Gasteiger partial charge in [0.1, 0.15) is 0 Å². The molecule has 1 aromatic heterocycles. The van der Waals surface area contributed by atoms with Gasteiger partial charge in [-0.05, 0) is 18.0 Å². The van der Waals surface area contributed by atoms with Crippen LogP contribution in [0.25, 0.3) is 0 Å². The molecule has 80 valence electrons. The molecule has 14 heavy (non-hydrogen) atoms. The summed E-state index contributed by atoms with van der Waals surface area (Å²) in [5.74, 6) is 0. The number of nitrogens with one attached hydrogen (secondary N) is 1. The van der Waals surface area contributed by atoms with Crippen molar-refractivity contribution in [2.75, 3.05) is 20.8 Å². The summed E-state index contributed by atoms with van der Waals surface area (Å²) in [5, 5.41) is 5.40.